The van der Waals surface area contributed by atoms with Gasteiger partial charge >= 0.3 is 0 Å². The van der Waals surface area contributed by atoms with E-state index in [1.54, 1.807) is 6.07 Å². The van der Waals surface area contributed by atoms with Crippen molar-refractivity contribution in [1.29, 1.82) is 0 Å². The maximum Gasteiger partial charge on any atom is 0.186 e. The molecule has 4 heteroatoms. The number of hydrogen-bond acceptors (Lipinski definition) is 3. The third kappa shape index (κ3) is 4.37. The van der Waals surface area contributed by atoms with Crippen LogP contribution in [-0.2, 0) is 4.79 Å². The Morgan fingerprint density at radius 2 is 2.25 bits per heavy atom. The SMILES string of the molecule is COc1cc(F)cc(C#CCSC(C)=O)c1. The van der Waals surface area contributed by atoms with Crippen molar-refractivity contribution in [2.45, 2.75) is 6.92 Å². The molecule has 0 aliphatic carbocycles. The quantitative estimate of drug-likeness (QED) is 0.740. The van der Waals surface area contributed by atoms with Gasteiger partial charge in [-0.25, -0.2) is 4.39 Å². The van der Waals surface area contributed by atoms with Gasteiger partial charge in [-0.15, -0.1) is 0 Å². The Morgan fingerprint density at radius 3 is 2.88 bits per heavy atom. The molecule has 0 aromatic heterocycles. The van der Waals surface area contributed by atoms with E-state index in [1.165, 1.54) is 26.2 Å². The van der Waals surface area contributed by atoms with Crippen molar-refractivity contribution in [2.75, 3.05) is 12.9 Å². The second-order valence-corrected chi connectivity index (χ2v) is 4.11. The summed E-state index contributed by atoms with van der Waals surface area (Å²) in [6, 6.07) is 4.26. The molecule has 0 radical (unpaired) electrons. The first kappa shape index (κ1) is 12.6. The molecule has 0 aliphatic rings. The molecule has 84 valence electrons. The molecule has 0 saturated heterocycles. The van der Waals surface area contributed by atoms with Crippen LogP contribution in [0, 0.1) is 17.7 Å². The van der Waals surface area contributed by atoms with Gasteiger partial charge in [-0.05, 0) is 12.1 Å². The predicted octanol–water partition coefficient (Wildman–Crippen LogP) is 2.47. The van der Waals surface area contributed by atoms with E-state index in [2.05, 4.69) is 11.8 Å². The molecule has 1 aromatic rings. The Hall–Kier alpha value is -1.47. The summed E-state index contributed by atoms with van der Waals surface area (Å²) < 4.78 is 18.0. The Morgan fingerprint density at radius 1 is 1.50 bits per heavy atom. The summed E-state index contributed by atoms with van der Waals surface area (Å²) >= 11 is 1.13. The van der Waals surface area contributed by atoms with Crippen molar-refractivity contribution in [3.63, 3.8) is 0 Å². The van der Waals surface area contributed by atoms with Crippen molar-refractivity contribution in [3.05, 3.63) is 29.6 Å². The molecule has 0 heterocycles. The van der Waals surface area contributed by atoms with E-state index >= 15 is 0 Å². The number of carbonyl (C=O) groups is 1. The number of halogens is 1. The van der Waals surface area contributed by atoms with Gasteiger partial charge in [0.25, 0.3) is 0 Å². The van der Waals surface area contributed by atoms with Crippen LogP contribution in [0.25, 0.3) is 0 Å². The molecule has 0 bridgehead atoms. The number of benzene rings is 1. The highest BCUT2D eigenvalue weighted by Gasteiger charge is 1.98. The molecule has 1 rings (SSSR count). The van der Waals surface area contributed by atoms with E-state index in [4.69, 9.17) is 4.74 Å². The molecule has 0 aliphatic heterocycles. The molecular formula is C12H11FO2S. The second kappa shape index (κ2) is 6.19. The summed E-state index contributed by atoms with van der Waals surface area (Å²) in [6.45, 7) is 1.48. The van der Waals surface area contributed by atoms with Gasteiger partial charge in [-0.3, -0.25) is 4.79 Å². The maximum atomic E-state index is 13.0. The largest absolute Gasteiger partial charge is 0.497 e. The second-order valence-electron chi connectivity index (χ2n) is 2.96. The van der Waals surface area contributed by atoms with Crippen LogP contribution in [0.4, 0.5) is 4.39 Å². The van der Waals surface area contributed by atoms with Gasteiger partial charge in [0.2, 0.25) is 0 Å². The zero-order valence-electron chi connectivity index (χ0n) is 9.04. The Kier molecular flexibility index (Phi) is 4.87. The van der Waals surface area contributed by atoms with E-state index in [9.17, 15) is 9.18 Å². The number of ether oxygens (including phenoxy) is 1. The molecule has 1 aromatic carbocycles. The van der Waals surface area contributed by atoms with E-state index < -0.39 is 0 Å². The summed E-state index contributed by atoms with van der Waals surface area (Å²) in [5, 5.41) is 0.0196. The minimum absolute atomic E-state index is 0.0196. The first-order chi connectivity index (χ1) is 7.61. The molecule has 0 amide bonds. The number of carbonyl (C=O) groups excluding carboxylic acids is 1. The van der Waals surface area contributed by atoms with Crippen molar-refractivity contribution in [2.24, 2.45) is 0 Å². The van der Waals surface area contributed by atoms with Crippen LogP contribution < -0.4 is 4.74 Å². The van der Waals surface area contributed by atoms with E-state index in [0.717, 1.165) is 11.8 Å². The lowest BCUT2D eigenvalue weighted by molar-refractivity contribution is -0.109. The highest BCUT2D eigenvalue weighted by molar-refractivity contribution is 8.13. The molecule has 16 heavy (non-hydrogen) atoms. The van der Waals surface area contributed by atoms with Crippen molar-refractivity contribution < 1.29 is 13.9 Å². The number of hydrogen-bond donors (Lipinski definition) is 0. The maximum absolute atomic E-state index is 13.0. The van der Waals surface area contributed by atoms with Crippen LogP contribution in [0.3, 0.4) is 0 Å². The number of thioether (sulfide) groups is 1. The van der Waals surface area contributed by atoms with Crippen molar-refractivity contribution in [3.8, 4) is 17.6 Å². The molecule has 0 spiro atoms. The molecule has 2 nitrogen and oxygen atoms in total. The third-order valence-electron chi connectivity index (χ3n) is 1.69. The summed E-state index contributed by atoms with van der Waals surface area (Å²) in [7, 11) is 1.47. The van der Waals surface area contributed by atoms with E-state index in [0.29, 0.717) is 17.1 Å². The van der Waals surface area contributed by atoms with Gasteiger partial charge in [0.1, 0.15) is 11.6 Å². The fraction of sp³-hybridized carbons (Fsp3) is 0.250. The topological polar surface area (TPSA) is 26.3 Å². The van der Waals surface area contributed by atoms with Crippen LogP contribution in [0.15, 0.2) is 18.2 Å². The molecule has 0 N–H and O–H groups in total. The Bertz CT molecular complexity index is 446. The number of rotatable bonds is 2. The van der Waals surface area contributed by atoms with Crippen LogP contribution in [-0.4, -0.2) is 18.0 Å². The van der Waals surface area contributed by atoms with E-state index in [-0.39, 0.29) is 10.9 Å². The van der Waals surface area contributed by atoms with Crippen LogP contribution in [0.2, 0.25) is 0 Å². The highest BCUT2D eigenvalue weighted by Crippen LogP contribution is 2.15. The average Bonchev–Trinajstić information content (AvgIpc) is 2.23. The molecular weight excluding hydrogens is 227 g/mol. The lowest BCUT2D eigenvalue weighted by Gasteiger charge is -1.99. The molecule has 0 saturated carbocycles. The molecule has 0 unspecified atom stereocenters. The zero-order chi connectivity index (χ0) is 12.0. The molecule has 0 atom stereocenters. The van der Waals surface area contributed by atoms with Crippen LogP contribution in [0.1, 0.15) is 12.5 Å². The summed E-state index contributed by atoms with van der Waals surface area (Å²) in [4.78, 5) is 10.6. The van der Waals surface area contributed by atoms with Crippen molar-refractivity contribution in [1.82, 2.24) is 0 Å². The predicted molar refractivity (Wildman–Crippen MR) is 63.0 cm³/mol. The smallest absolute Gasteiger partial charge is 0.186 e. The first-order valence-corrected chi connectivity index (χ1v) is 5.57. The molecule has 0 fully saturated rings. The summed E-state index contributed by atoms with van der Waals surface area (Å²) in [6.07, 6.45) is 0. The average molecular weight is 238 g/mol. The normalized spacial score (nSPS) is 9.19. The zero-order valence-corrected chi connectivity index (χ0v) is 9.86. The lowest BCUT2D eigenvalue weighted by Crippen LogP contribution is -1.87. The van der Waals surface area contributed by atoms with Gasteiger partial charge in [0.05, 0.1) is 12.9 Å². The lowest BCUT2D eigenvalue weighted by atomic mass is 10.2. The third-order valence-corrected chi connectivity index (χ3v) is 2.38. The monoisotopic (exact) mass is 238 g/mol. The fourth-order valence-corrected chi connectivity index (χ4v) is 1.38. The van der Waals surface area contributed by atoms with Crippen molar-refractivity contribution >= 4 is 16.9 Å². The Balaban J connectivity index is 2.72. The van der Waals surface area contributed by atoms with E-state index in [1.807, 2.05) is 0 Å². The van der Waals surface area contributed by atoms with Gasteiger partial charge < -0.3 is 4.74 Å². The standard InChI is InChI=1S/C12H11FO2S/c1-9(14)16-5-3-4-10-6-11(13)8-12(7-10)15-2/h6-8H,5H2,1-2H3. The summed E-state index contributed by atoms with van der Waals surface area (Å²) in [5.41, 5.74) is 0.543. The van der Waals surface area contributed by atoms with Crippen LogP contribution in [0.5, 0.6) is 5.75 Å². The highest BCUT2D eigenvalue weighted by atomic mass is 32.2. The van der Waals surface area contributed by atoms with Crippen LogP contribution >= 0.6 is 11.8 Å². The minimum Gasteiger partial charge on any atom is -0.497 e. The first-order valence-electron chi connectivity index (χ1n) is 4.58. The fourth-order valence-electron chi connectivity index (χ4n) is 1.03. The van der Waals surface area contributed by atoms with Gasteiger partial charge in [-0.2, -0.15) is 0 Å². The minimum atomic E-state index is -0.386. The van der Waals surface area contributed by atoms with Gasteiger partial charge in [0, 0.05) is 18.6 Å². The van der Waals surface area contributed by atoms with Gasteiger partial charge in [0.15, 0.2) is 5.12 Å². The number of methoxy groups -OCH3 is 1. The Labute approximate surface area is 98.2 Å². The van der Waals surface area contributed by atoms with Gasteiger partial charge in [-0.1, -0.05) is 23.6 Å². The summed E-state index contributed by atoms with van der Waals surface area (Å²) in [5.74, 6) is 6.01.